The number of morpholine rings is 1. The van der Waals surface area contributed by atoms with E-state index in [1.165, 1.54) is 11.0 Å². The largest absolute Gasteiger partial charge is 0.416 e. The highest BCUT2D eigenvalue weighted by Crippen LogP contribution is 2.45. The maximum absolute atomic E-state index is 13.2. The van der Waals surface area contributed by atoms with Gasteiger partial charge in [-0.25, -0.2) is 0 Å². The van der Waals surface area contributed by atoms with Crippen molar-refractivity contribution in [2.45, 2.75) is 50.3 Å². The summed E-state index contributed by atoms with van der Waals surface area (Å²) in [7, 11) is 0. The van der Waals surface area contributed by atoms with Crippen LogP contribution in [-0.2, 0) is 21.1 Å². The van der Waals surface area contributed by atoms with Gasteiger partial charge in [-0.3, -0.25) is 0 Å². The van der Waals surface area contributed by atoms with E-state index in [4.69, 9.17) is 9.47 Å². The van der Waals surface area contributed by atoms with Crippen LogP contribution in [0.25, 0.3) is 0 Å². The molecule has 0 unspecified atom stereocenters. The summed E-state index contributed by atoms with van der Waals surface area (Å²) in [6.07, 6.45) is -1.93. The molecule has 1 aromatic rings. The highest BCUT2D eigenvalue weighted by molar-refractivity contribution is 5.33. The topological polar surface area (TPSA) is 22.9 Å². The minimum atomic E-state index is -4.31. The Balaban J connectivity index is 1.87. The predicted octanol–water partition coefficient (Wildman–Crippen LogP) is 2.84. The number of halogens is 3. The SMILES string of the molecule is CC1(C)C[C@@](CC[NH+]2CCOCC2)(c2cccc(C(F)(F)F)c2)CCO1. The molecule has 26 heavy (non-hydrogen) atoms. The zero-order valence-corrected chi connectivity index (χ0v) is 15.6. The van der Waals surface area contributed by atoms with Gasteiger partial charge in [0.25, 0.3) is 0 Å². The zero-order chi connectivity index (χ0) is 18.8. The molecule has 0 radical (unpaired) electrons. The summed E-state index contributed by atoms with van der Waals surface area (Å²) in [5, 5.41) is 0. The summed E-state index contributed by atoms with van der Waals surface area (Å²) in [6, 6.07) is 5.93. The lowest BCUT2D eigenvalue weighted by atomic mass is 9.67. The van der Waals surface area contributed by atoms with Crippen LogP contribution in [0.2, 0.25) is 0 Å². The van der Waals surface area contributed by atoms with Gasteiger partial charge in [0.05, 0.1) is 30.9 Å². The number of nitrogens with one attached hydrogen (secondary N) is 1. The lowest BCUT2D eigenvalue weighted by Gasteiger charge is -2.46. The van der Waals surface area contributed by atoms with Crippen molar-refractivity contribution in [3.05, 3.63) is 35.4 Å². The average molecular weight is 372 g/mol. The van der Waals surface area contributed by atoms with E-state index in [1.54, 1.807) is 6.07 Å². The highest BCUT2D eigenvalue weighted by atomic mass is 19.4. The molecule has 0 saturated carbocycles. The molecule has 146 valence electrons. The minimum absolute atomic E-state index is 0.270. The third-order valence-corrected chi connectivity index (χ3v) is 5.80. The van der Waals surface area contributed by atoms with Crippen molar-refractivity contribution in [1.82, 2.24) is 0 Å². The van der Waals surface area contributed by atoms with Gasteiger partial charge < -0.3 is 14.4 Å². The molecule has 3 nitrogen and oxygen atoms in total. The van der Waals surface area contributed by atoms with E-state index in [2.05, 4.69) is 0 Å². The van der Waals surface area contributed by atoms with E-state index < -0.39 is 11.7 Å². The van der Waals surface area contributed by atoms with E-state index in [0.717, 1.165) is 63.7 Å². The van der Waals surface area contributed by atoms with Crippen molar-refractivity contribution in [2.24, 2.45) is 0 Å². The number of hydrogen-bond donors (Lipinski definition) is 1. The molecule has 1 aromatic carbocycles. The van der Waals surface area contributed by atoms with Crippen molar-refractivity contribution in [3.63, 3.8) is 0 Å². The van der Waals surface area contributed by atoms with Crippen molar-refractivity contribution in [2.75, 3.05) is 39.5 Å². The summed E-state index contributed by atoms with van der Waals surface area (Å²) in [6.45, 7) is 9.09. The molecule has 2 fully saturated rings. The fourth-order valence-corrected chi connectivity index (χ4v) is 4.43. The van der Waals surface area contributed by atoms with Crippen LogP contribution in [0.4, 0.5) is 13.2 Å². The molecule has 3 rings (SSSR count). The van der Waals surface area contributed by atoms with Gasteiger partial charge in [-0.2, -0.15) is 13.2 Å². The molecule has 2 saturated heterocycles. The zero-order valence-electron chi connectivity index (χ0n) is 15.6. The number of benzene rings is 1. The Kier molecular flexibility index (Phi) is 5.66. The quantitative estimate of drug-likeness (QED) is 0.878. The summed E-state index contributed by atoms with van der Waals surface area (Å²) >= 11 is 0. The number of ether oxygens (including phenoxy) is 2. The Hall–Kier alpha value is -1.11. The summed E-state index contributed by atoms with van der Waals surface area (Å²) < 4.78 is 51.0. The molecule has 6 heteroatoms. The number of hydrogen-bond acceptors (Lipinski definition) is 2. The van der Waals surface area contributed by atoms with Crippen LogP contribution in [-0.4, -0.2) is 45.1 Å². The molecule has 1 N–H and O–H groups in total. The average Bonchev–Trinajstić information content (AvgIpc) is 2.59. The first-order valence-corrected chi connectivity index (χ1v) is 9.43. The number of quaternary nitrogens is 1. The van der Waals surface area contributed by atoms with Crippen molar-refractivity contribution < 1.29 is 27.5 Å². The van der Waals surface area contributed by atoms with Crippen LogP contribution in [0.3, 0.4) is 0 Å². The van der Waals surface area contributed by atoms with Crippen molar-refractivity contribution in [3.8, 4) is 0 Å². The van der Waals surface area contributed by atoms with E-state index in [9.17, 15) is 13.2 Å². The molecule has 0 spiro atoms. The Morgan fingerprint density at radius 2 is 1.85 bits per heavy atom. The lowest BCUT2D eigenvalue weighted by Crippen LogP contribution is -3.14. The second-order valence-electron chi connectivity index (χ2n) is 8.26. The second-order valence-corrected chi connectivity index (χ2v) is 8.26. The summed E-state index contributed by atoms with van der Waals surface area (Å²) in [5.74, 6) is 0. The molecule has 2 aliphatic rings. The van der Waals surface area contributed by atoms with Gasteiger partial charge in [0.15, 0.2) is 0 Å². The van der Waals surface area contributed by atoms with Crippen LogP contribution in [0.5, 0.6) is 0 Å². The Morgan fingerprint density at radius 3 is 2.50 bits per heavy atom. The normalized spacial score (nSPS) is 27.4. The van der Waals surface area contributed by atoms with E-state index in [1.807, 2.05) is 19.9 Å². The Labute approximate surface area is 153 Å². The number of alkyl halides is 3. The molecule has 0 aliphatic carbocycles. The van der Waals surface area contributed by atoms with Gasteiger partial charge in [-0.1, -0.05) is 18.2 Å². The van der Waals surface area contributed by atoms with Crippen LogP contribution in [0, 0.1) is 0 Å². The van der Waals surface area contributed by atoms with Crippen molar-refractivity contribution in [1.29, 1.82) is 0 Å². The first kappa shape index (κ1) is 19.6. The standard InChI is InChI=1S/C20H28F3NO2/c1-18(2)15-19(7-11-26-18,6-8-24-9-12-25-13-10-24)16-4-3-5-17(14-16)20(21,22)23/h3-5,14H,6-13,15H2,1-2H3/p+1/t19-/m0/s1. The first-order valence-electron chi connectivity index (χ1n) is 9.43. The maximum atomic E-state index is 13.2. The molecule has 2 heterocycles. The highest BCUT2D eigenvalue weighted by Gasteiger charge is 2.43. The predicted molar refractivity (Wildman–Crippen MR) is 93.4 cm³/mol. The van der Waals surface area contributed by atoms with Gasteiger partial charge in [0.2, 0.25) is 0 Å². The van der Waals surface area contributed by atoms with Crippen LogP contribution < -0.4 is 4.90 Å². The van der Waals surface area contributed by atoms with Crippen LogP contribution in [0.15, 0.2) is 24.3 Å². The fourth-order valence-electron chi connectivity index (χ4n) is 4.43. The van der Waals surface area contributed by atoms with E-state index in [0.29, 0.717) is 6.61 Å². The molecule has 0 bridgehead atoms. The molecule has 1 atom stereocenters. The summed E-state index contributed by atoms with van der Waals surface area (Å²) in [5.41, 5.74) is -0.352. The van der Waals surface area contributed by atoms with Gasteiger partial charge in [0.1, 0.15) is 13.1 Å². The molecule has 0 aromatic heterocycles. The number of rotatable bonds is 4. The van der Waals surface area contributed by atoms with Gasteiger partial charge >= 0.3 is 6.18 Å². The fraction of sp³-hybridized carbons (Fsp3) is 0.700. The Morgan fingerprint density at radius 1 is 1.12 bits per heavy atom. The Bertz CT molecular complexity index is 611. The maximum Gasteiger partial charge on any atom is 0.416 e. The van der Waals surface area contributed by atoms with Gasteiger partial charge in [0, 0.05) is 18.4 Å². The third kappa shape index (κ3) is 4.59. The van der Waals surface area contributed by atoms with Crippen LogP contribution in [0.1, 0.15) is 44.2 Å². The molecule has 0 amide bonds. The van der Waals surface area contributed by atoms with Gasteiger partial charge in [-0.05, 0) is 38.3 Å². The lowest BCUT2D eigenvalue weighted by molar-refractivity contribution is -0.908. The monoisotopic (exact) mass is 372 g/mol. The molecular formula is C20H29F3NO2+. The van der Waals surface area contributed by atoms with E-state index in [-0.39, 0.29) is 11.0 Å². The van der Waals surface area contributed by atoms with Gasteiger partial charge in [-0.15, -0.1) is 0 Å². The smallest absolute Gasteiger partial charge is 0.376 e. The van der Waals surface area contributed by atoms with Crippen LogP contribution >= 0.6 is 0 Å². The summed E-state index contributed by atoms with van der Waals surface area (Å²) in [4.78, 5) is 1.48. The second kappa shape index (κ2) is 7.49. The molecular weight excluding hydrogens is 343 g/mol. The van der Waals surface area contributed by atoms with Crippen molar-refractivity contribution >= 4 is 0 Å². The molecule has 2 aliphatic heterocycles. The first-order chi connectivity index (χ1) is 12.2. The van der Waals surface area contributed by atoms with E-state index >= 15 is 0 Å². The third-order valence-electron chi connectivity index (χ3n) is 5.80. The minimum Gasteiger partial charge on any atom is -0.376 e.